The fourth-order valence-electron chi connectivity index (χ4n) is 1.97. The van der Waals surface area contributed by atoms with Crippen LogP contribution in [0.5, 0.6) is 0 Å². The van der Waals surface area contributed by atoms with Crippen molar-refractivity contribution in [1.29, 1.82) is 0 Å². The van der Waals surface area contributed by atoms with Gasteiger partial charge in [-0.2, -0.15) is 5.10 Å². The Morgan fingerprint density at radius 3 is 2.00 bits per heavy atom. The van der Waals surface area contributed by atoms with Crippen LogP contribution in [0, 0.1) is 6.92 Å². The number of amides is 2. The molecule has 0 bridgehead atoms. The monoisotopic (exact) mass is 309 g/mol. The quantitative estimate of drug-likeness (QED) is 0.673. The average molecular weight is 309 g/mol. The molecule has 23 heavy (non-hydrogen) atoms. The number of nitrogens with one attached hydrogen (secondary N) is 2. The van der Waals surface area contributed by atoms with E-state index in [4.69, 9.17) is 0 Å². The predicted molar refractivity (Wildman–Crippen MR) is 91.6 cm³/mol. The summed E-state index contributed by atoms with van der Waals surface area (Å²) in [6, 6.07) is 14.5. The number of nitrogens with zero attached hydrogens (tertiary/aromatic N) is 1. The number of rotatable bonds is 4. The van der Waals surface area contributed by atoms with Crippen molar-refractivity contribution in [3.8, 4) is 0 Å². The molecule has 2 rings (SSSR count). The van der Waals surface area contributed by atoms with Gasteiger partial charge in [0.25, 0.3) is 5.91 Å². The van der Waals surface area contributed by atoms with Crippen molar-refractivity contribution in [1.82, 2.24) is 5.43 Å². The molecule has 0 aromatic heterocycles. The van der Waals surface area contributed by atoms with Crippen molar-refractivity contribution in [2.45, 2.75) is 20.8 Å². The van der Waals surface area contributed by atoms with Gasteiger partial charge in [-0.3, -0.25) is 9.59 Å². The van der Waals surface area contributed by atoms with Gasteiger partial charge in [-0.05, 0) is 43.7 Å². The molecule has 0 fully saturated rings. The zero-order valence-electron chi connectivity index (χ0n) is 13.4. The van der Waals surface area contributed by atoms with Crippen LogP contribution in [0.4, 0.5) is 5.69 Å². The summed E-state index contributed by atoms with van der Waals surface area (Å²) in [6.07, 6.45) is 0. The van der Waals surface area contributed by atoms with Crippen LogP contribution in [0.15, 0.2) is 53.6 Å². The van der Waals surface area contributed by atoms with E-state index in [1.807, 2.05) is 38.1 Å². The molecule has 2 N–H and O–H groups in total. The SMILES string of the molecule is CC(=O)Nc1ccc(C(=O)N/N=C(\C)c2ccc(C)cc2)cc1. The van der Waals surface area contributed by atoms with E-state index < -0.39 is 0 Å². The number of hydrazone groups is 1. The smallest absolute Gasteiger partial charge is 0.271 e. The Morgan fingerprint density at radius 1 is 0.870 bits per heavy atom. The summed E-state index contributed by atoms with van der Waals surface area (Å²) in [7, 11) is 0. The van der Waals surface area contributed by atoms with E-state index >= 15 is 0 Å². The Kier molecular flexibility index (Phi) is 5.25. The molecular formula is C18H19N3O2. The molecule has 5 heteroatoms. The lowest BCUT2D eigenvalue weighted by atomic mass is 10.1. The van der Waals surface area contributed by atoms with Crippen molar-refractivity contribution in [2.24, 2.45) is 5.10 Å². The van der Waals surface area contributed by atoms with Gasteiger partial charge in [0.1, 0.15) is 0 Å². The molecule has 2 aromatic rings. The zero-order chi connectivity index (χ0) is 16.8. The lowest BCUT2D eigenvalue weighted by Crippen LogP contribution is -2.19. The molecule has 0 saturated heterocycles. The normalized spacial score (nSPS) is 11.0. The highest BCUT2D eigenvalue weighted by molar-refractivity contribution is 6.01. The average Bonchev–Trinajstić information content (AvgIpc) is 2.53. The van der Waals surface area contributed by atoms with Crippen LogP contribution in [0.2, 0.25) is 0 Å². The van der Waals surface area contributed by atoms with Gasteiger partial charge in [-0.25, -0.2) is 5.43 Å². The fourth-order valence-corrected chi connectivity index (χ4v) is 1.97. The molecule has 0 unspecified atom stereocenters. The Labute approximate surface area is 135 Å². The van der Waals surface area contributed by atoms with E-state index in [9.17, 15) is 9.59 Å². The van der Waals surface area contributed by atoms with Crippen LogP contribution in [-0.2, 0) is 4.79 Å². The van der Waals surface area contributed by atoms with E-state index in [2.05, 4.69) is 15.8 Å². The Hall–Kier alpha value is -2.95. The molecule has 118 valence electrons. The molecule has 0 aliphatic rings. The molecule has 0 spiro atoms. The van der Waals surface area contributed by atoms with Gasteiger partial charge in [0.2, 0.25) is 5.91 Å². The standard InChI is InChI=1S/C18H19N3O2/c1-12-4-6-15(7-5-12)13(2)20-21-18(23)16-8-10-17(11-9-16)19-14(3)22/h4-11H,1-3H3,(H,19,22)(H,21,23)/b20-13+. The van der Waals surface area contributed by atoms with Gasteiger partial charge in [0, 0.05) is 18.2 Å². The number of carbonyl (C=O) groups excluding carboxylic acids is 2. The van der Waals surface area contributed by atoms with Crippen molar-refractivity contribution >= 4 is 23.2 Å². The van der Waals surface area contributed by atoms with Crippen molar-refractivity contribution in [3.63, 3.8) is 0 Å². The largest absolute Gasteiger partial charge is 0.326 e. The summed E-state index contributed by atoms with van der Waals surface area (Å²) in [4.78, 5) is 23.0. The van der Waals surface area contributed by atoms with Gasteiger partial charge in [0.15, 0.2) is 0 Å². The van der Waals surface area contributed by atoms with Crippen LogP contribution in [0.1, 0.15) is 35.3 Å². The van der Waals surface area contributed by atoms with Crippen molar-refractivity contribution in [2.75, 3.05) is 5.32 Å². The molecule has 5 nitrogen and oxygen atoms in total. The minimum Gasteiger partial charge on any atom is -0.326 e. The van der Waals surface area contributed by atoms with E-state index in [-0.39, 0.29) is 11.8 Å². The first-order chi connectivity index (χ1) is 11.0. The first-order valence-electron chi connectivity index (χ1n) is 7.25. The first-order valence-corrected chi connectivity index (χ1v) is 7.25. The molecule has 2 aromatic carbocycles. The predicted octanol–water partition coefficient (Wildman–Crippen LogP) is 3.11. The second-order valence-electron chi connectivity index (χ2n) is 5.26. The number of hydrogen-bond acceptors (Lipinski definition) is 3. The molecule has 0 heterocycles. The Balaban J connectivity index is 2.02. The maximum absolute atomic E-state index is 12.1. The maximum Gasteiger partial charge on any atom is 0.271 e. The number of carbonyl (C=O) groups is 2. The highest BCUT2D eigenvalue weighted by Gasteiger charge is 2.05. The summed E-state index contributed by atoms with van der Waals surface area (Å²) in [5.41, 5.74) is 6.51. The van der Waals surface area contributed by atoms with Crippen LogP contribution >= 0.6 is 0 Å². The summed E-state index contributed by atoms with van der Waals surface area (Å²) >= 11 is 0. The molecule has 2 amide bonds. The van der Waals surface area contributed by atoms with E-state index in [0.717, 1.165) is 11.3 Å². The maximum atomic E-state index is 12.1. The number of aryl methyl sites for hydroxylation is 1. The molecule has 0 atom stereocenters. The topological polar surface area (TPSA) is 70.6 Å². The highest BCUT2D eigenvalue weighted by Crippen LogP contribution is 2.09. The molecule has 0 radical (unpaired) electrons. The van der Waals surface area contributed by atoms with Crippen LogP contribution in [0.3, 0.4) is 0 Å². The fraction of sp³-hybridized carbons (Fsp3) is 0.167. The van der Waals surface area contributed by atoms with E-state index in [1.54, 1.807) is 24.3 Å². The first kappa shape index (κ1) is 16.4. The van der Waals surface area contributed by atoms with Gasteiger partial charge in [-0.1, -0.05) is 29.8 Å². The lowest BCUT2D eigenvalue weighted by Gasteiger charge is -2.05. The van der Waals surface area contributed by atoms with Crippen molar-refractivity contribution in [3.05, 3.63) is 65.2 Å². The summed E-state index contributed by atoms with van der Waals surface area (Å²) in [6.45, 7) is 5.29. The number of anilines is 1. The third-order valence-electron chi connectivity index (χ3n) is 3.26. The summed E-state index contributed by atoms with van der Waals surface area (Å²) in [5.74, 6) is -0.452. The third-order valence-corrected chi connectivity index (χ3v) is 3.26. The minimum atomic E-state index is -0.300. The van der Waals surface area contributed by atoms with E-state index in [0.29, 0.717) is 11.3 Å². The second-order valence-corrected chi connectivity index (χ2v) is 5.26. The highest BCUT2D eigenvalue weighted by atomic mass is 16.2. The molecule has 0 saturated carbocycles. The Morgan fingerprint density at radius 2 is 1.43 bits per heavy atom. The lowest BCUT2D eigenvalue weighted by molar-refractivity contribution is -0.114. The van der Waals surface area contributed by atoms with Crippen LogP contribution in [-0.4, -0.2) is 17.5 Å². The van der Waals surface area contributed by atoms with Crippen LogP contribution < -0.4 is 10.7 Å². The summed E-state index contributed by atoms with van der Waals surface area (Å²) < 4.78 is 0. The Bertz CT molecular complexity index is 732. The molecule has 0 aliphatic carbocycles. The number of benzene rings is 2. The summed E-state index contributed by atoms with van der Waals surface area (Å²) in [5, 5.41) is 6.77. The van der Waals surface area contributed by atoms with Crippen LogP contribution in [0.25, 0.3) is 0 Å². The number of hydrogen-bond donors (Lipinski definition) is 2. The molecule has 0 aliphatic heterocycles. The third kappa shape index (κ3) is 4.78. The second kappa shape index (κ2) is 7.35. The van der Waals surface area contributed by atoms with Gasteiger partial charge < -0.3 is 5.32 Å². The van der Waals surface area contributed by atoms with Gasteiger partial charge in [0.05, 0.1) is 5.71 Å². The minimum absolute atomic E-state index is 0.152. The molecular weight excluding hydrogens is 290 g/mol. The zero-order valence-corrected chi connectivity index (χ0v) is 13.4. The van der Waals surface area contributed by atoms with E-state index in [1.165, 1.54) is 12.5 Å². The van der Waals surface area contributed by atoms with Crippen molar-refractivity contribution < 1.29 is 9.59 Å². The van der Waals surface area contributed by atoms with Gasteiger partial charge in [-0.15, -0.1) is 0 Å². The van der Waals surface area contributed by atoms with Gasteiger partial charge >= 0.3 is 0 Å².